The molecule has 5 heteroatoms. The van der Waals surface area contributed by atoms with Gasteiger partial charge in [0.15, 0.2) is 0 Å². The van der Waals surface area contributed by atoms with Crippen LogP contribution in [-0.2, 0) is 13.0 Å². The number of aromatic nitrogens is 2. The molecule has 0 saturated heterocycles. The zero-order valence-electron chi connectivity index (χ0n) is 19.9. The molecular weight excluding hydrogens is 434 g/mol. The number of hydrogen-bond acceptors (Lipinski definition) is 4. The zero-order chi connectivity index (χ0) is 24.2. The van der Waals surface area contributed by atoms with Crippen LogP contribution in [0.4, 0.5) is 5.82 Å². The summed E-state index contributed by atoms with van der Waals surface area (Å²) in [5, 5.41) is 3.56. The third-order valence-electron chi connectivity index (χ3n) is 6.03. The average molecular weight is 462 g/mol. The van der Waals surface area contributed by atoms with Gasteiger partial charge in [0.1, 0.15) is 22.9 Å². The molecule has 0 atom stereocenters. The average Bonchev–Trinajstić information content (AvgIpc) is 3.25. The number of rotatable bonds is 7. The van der Waals surface area contributed by atoms with Crippen molar-refractivity contribution in [1.82, 2.24) is 9.38 Å². The Bertz CT molecular complexity index is 1470. The lowest BCUT2D eigenvalue weighted by molar-refractivity contribution is 0.0735. The molecule has 2 aromatic heterocycles. The Hall–Kier alpha value is -4.38. The van der Waals surface area contributed by atoms with Crippen molar-refractivity contribution in [1.29, 1.82) is 0 Å². The molecule has 174 valence electrons. The lowest BCUT2D eigenvalue weighted by atomic mass is 10.1. The summed E-state index contributed by atoms with van der Waals surface area (Å²) in [5.74, 6) is 0.929. The molecule has 0 aliphatic carbocycles. The van der Waals surface area contributed by atoms with Gasteiger partial charge in [0.05, 0.1) is 5.56 Å². The molecule has 0 radical (unpaired) electrons. The Balaban J connectivity index is 1.52. The first-order valence-corrected chi connectivity index (χ1v) is 11.8. The van der Waals surface area contributed by atoms with Crippen LogP contribution in [0.2, 0.25) is 0 Å². The number of fused-ring (bicyclic) bond motifs is 1. The first-order chi connectivity index (χ1) is 17.1. The maximum atomic E-state index is 12.9. The van der Waals surface area contributed by atoms with Crippen LogP contribution in [0.5, 0.6) is 5.75 Å². The minimum absolute atomic E-state index is 0.390. The van der Waals surface area contributed by atoms with E-state index in [1.165, 1.54) is 5.56 Å². The lowest BCUT2D eigenvalue weighted by Gasteiger charge is -2.12. The first-order valence-electron chi connectivity index (χ1n) is 11.8. The fourth-order valence-corrected chi connectivity index (χ4v) is 4.07. The van der Waals surface area contributed by atoms with Gasteiger partial charge < -0.3 is 10.1 Å². The normalized spacial score (nSPS) is 10.9. The van der Waals surface area contributed by atoms with Crippen molar-refractivity contribution in [2.24, 2.45) is 0 Å². The van der Waals surface area contributed by atoms with Crippen molar-refractivity contribution in [3.05, 3.63) is 119 Å². The van der Waals surface area contributed by atoms with E-state index in [0.29, 0.717) is 17.9 Å². The fraction of sp³-hybridized carbons (Fsp3) is 0.133. The maximum absolute atomic E-state index is 12.9. The summed E-state index contributed by atoms with van der Waals surface area (Å²) in [5.41, 5.74) is 6.29. The van der Waals surface area contributed by atoms with E-state index in [9.17, 15) is 4.79 Å². The molecule has 5 rings (SSSR count). The highest BCUT2D eigenvalue weighted by Gasteiger charge is 2.19. The van der Waals surface area contributed by atoms with Crippen molar-refractivity contribution in [2.45, 2.75) is 26.8 Å². The number of aryl methyl sites for hydroxylation is 2. The topological polar surface area (TPSA) is 55.6 Å². The van der Waals surface area contributed by atoms with Crippen LogP contribution in [0, 0.1) is 6.92 Å². The van der Waals surface area contributed by atoms with Crippen molar-refractivity contribution in [2.75, 3.05) is 5.32 Å². The van der Waals surface area contributed by atoms with Gasteiger partial charge in [-0.2, -0.15) is 0 Å². The molecule has 5 nitrogen and oxygen atoms in total. The highest BCUT2D eigenvalue weighted by Crippen LogP contribution is 2.36. The quantitative estimate of drug-likeness (QED) is 0.216. The van der Waals surface area contributed by atoms with Crippen molar-refractivity contribution in [3.63, 3.8) is 0 Å². The Labute approximate surface area is 205 Å². The minimum atomic E-state index is -0.390. The number of carbonyl (C=O) groups excluding carboxylic acids is 1. The number of nitrogens with one attached hydrogen (secondary N) is 1. The Morgan fingerprint density at radius 2 is 1.66 bits per heavy atom. The number of imidazole rings is 1. The molecule has 0 bridgehead atoms. The van der Waals surface area contributed by atoms with Gasteiger partial charge in [-0.1, -0.05) is 61.5 Å². The van der Waals surface area contributed by atoms with Gasteiger partial charge in [0.2, 0.25) is 0 Å². The summed E-state index contributed by atoms with van der Waals surface area (Å²) < 4.78 is 7.92. The molecule has 0 aliphatic rings. The number of esters is 1. The van der Waals surface area contributed by atoms with Gasteiger partial charge in [-0.3, -0.25) is 4.40 Å². The Kier molecular flexibility index (Phi) is 6.31. The summed E-state index contributed by atoms with van der Waals surface area (Å²) >= 11 is 0. The van der Waals surface area contributed by atoms with E-state index in [0.717, 1.165) is 40.3 Å². The van der Waals surface area contributed by atoms with E-state index in [4.69, 9.17) is 9.72 Å². The van der Waals surface area contributed by atoms with E-state index in [-0.39, 0.29) is 0 Å². The molecule has 0 saturated carbocycles. The van der Waals surface area contributed by atoms with E-state index < -0.39 is 5.97 Å². The second-order valence-corrected chi connectivity index (χ2v) is 8.52. The number of nitrogens with zero attached hydrogens (tertiary/aromatic N) is 2. The van der Waals surface area contributed by atoms with E-state index in [2.05, 4.69) is 30.4 Å². The maximum Gasteiger partial charge on any atom is 0.343 e. The SMILES string of the molecule is CCc1ccc(C(=O)Oc2ccccc2-c2nc3cc(C)ccn3c2NCc2ccccc2)cc1. The Morgan fingerprint density at radius 1 is 0.914 bits per heavy atom. The third kappa shape index (κ3) is 4.80. The minimum Gasteiger partial charge on any atom is -0.422 e. The molecule has 0 spiro atoms. The number of carbonyl (C=O) groups is 1. The van der Waals surface area contributed by atoms with Gasteiger partial charge in [0.25, 0.3) is 0 Å². The van der Waals surface area contributed by atoms with Crippen LogP contribution in [-0.4, -0.2) is 15.4 Å². The summed E-state index contributed by atoms with van der Waals surface area (Å²) in [6, 6.07) is 29.4. The fourth-order valence-electron chi connectivity index (χ4n) is 4.07. The smallest absolute Gasteiger partial charge is 0.343 e. The zero-order valence-corrected chi connectivity index (χ0v) is 19.9. The van der Waals surface area contributed by atoms with Gasteiger partial charge in [-0.25, -0.2) is 9.78 Å². The molecular formula is C30H27N3O2. The van der Waals surface area contributed by atoms with Crippen LogP contribution in [0.15, 0.2) is 97.2 Å². The van der Waals surface area contributed by atoms with E-state index in [1.54, 1.807) is 0 Å². The van der Waals surface area contributed by atoms with Gasteiger partial charge in [-0.05, 0) is 66.4 Å². The van der Waals surface area contributed by atoms with E-state index in [1.807, 2.05) is 90.3 Å². The monoisotopic (exact) mass is 461 g/mol. The first kappa shape index (κ1) is 22.4. The van der Waals surface area contributed by atoms with Crippen molar-refractivity contribution < 1.29 is 9.53 Å². The lowest BCUT2D eigenvalue weighted by Crippen LogP contribution is -2.09. The van der Waals surface area contributed by atoms with Gasteiger partial charge in [0, 0.05) is 18.3 Å². The molecule has 0 fully saturated rings. The third-order valence-corrected chi connectivity index (χ3v) is 6.03. The number of pyridine rings is 1. The second-order valence-electron chi connectivity index (χ2n) is 8.52. The van der Waals surface area contributed by atoms with Crippen LogP contribution >= 0.6 is 0 Å². The predicted molar refractivity (Wildman–Crippen MR) is 140 cm³/mol. The second kappa shape index (κ2) is 9.85. The van der Waals surface area contributed by atoms with Crippen LogP contribution in [0.1, 0.15) is 34.0 Å². The van der Waals surface area contributed by atoms with Crippen molar-refractivity contribution in [3.8, 4) is 17.0 Å². The molecule has 1 N–H and O–H groups in total. The molecule has 0 aliphatic heterocycles. The van der Waals surface area contributed by atoms with Gasteiger partial charge in [-0.15, -0.1) is 0 Å². The summed E-state index contributed by atoms with van der Waals surface area (Å²) in [6.07, 6.45) is 2.93. The molecule has 0 unspecified atom stereocenters. The van der Waals surface area contributed by atoms with Crippen LogP contribution < -0.4 is 10.1 Å². The van der Waals surface area contributed by atoms with E-state index >= 15 is 0 Å². The standard InChI is InChI=1S/C30H27N3O2/c1-3-22-13-15-24(16-14-22)30(34)35-26-12-8-7-11-25(26)28-29(31-20-23-9-5-4-6-10-23)33-18-17-21(2)19-27(33)32-28/h4-19,31H,3,20H2,1-2H3. The highest BCUT2D eigenvalue weighted by atomic mass is 16.5. The highest BCUT2D eigenvalue weighted by molar-refractivity contribution is 5.92. The van der Waals surface area contributed by atoms with Gasteiger partial charge >= 0.3 is 5.97 Å². The molecule has 35 heavy (non-hydrogen) atoms. The molecule has 0 amide bonds. The van der Waals surface area contributed by atoms with Crippen LogP contribution in [0.25, 0.3) is 16.9 Å². The van der Waals surface area contributed by atoms with Crippen LogP contribution in [0.3, 0.4) is 0 Å². The van der Waals surface area contributed by atoms with Crippen molar-refractivity contribution >= 4 is 17.4 Å². The largest absolute Gasteiger partial charge is 0.422 e. The number of anilines is 1. The number of benzene rings is 3. The molecule has 2 heterocycles. The summed E-state index contributed by atoms with van der Waals surface area (Å²) in [4.78, 5) is 17.9. The molecule has 3 aromatic carbocycles. The number of ether oxygens (including phenoxy) is 1. The Morgan fingerprint density at radius 3 is 2.43 bits per heavy atom. The number of hydrogen-bond donors (Lipinski definition) is 1. The molecule has 5 aromatic rings. The predicted octanol–water partition coefficient (Wildman–Crippen LogP) is 6.70. The number of para-hydroxylation sites is 1. The summed E-state index contributed by atoms with van der Waals surface area (Å²) in [6.45, 7) is 4.77. The summed E-state index contributed by atoms with van der Waals surface area (Å²) in [7, 11) is 0.